The Balaban J connectivity index is 2.32. The molecule has 1 aliphatic rings. The zero-order chi connectivity index (χ0) is 43.7. The highest BCUT2D eigenvalue weighted by atomic mass is 16.7. The molecule has 1 heterocycles. The molecule has 0 radical (unpaired) electrons. The summed E-state index contributed by atoms with van der Waals surface area (Å²) in [6, 6.07) is -0.821. The maximum Gasteiger partial charge on any atom is 0.220 e. The number of allylic oxidation sites excluding steroid dienone is 5. The van der Waals surface area contributed by atoms with E-state index in [4.69, 9.17) is 9.47 Å². The van der Waals surface area contributed by atoms with Crippen LogP contribution in [-0.4, -0.2) is 87.5 Å². The Hall–Kier alpha value is -1.59. The number of hydrogen-bond donors (Lipinski definition) is 6. The lowest BCUT2D eigenvalue weighted by molar-refractivity contribution is -0.302. The largest absolute Gasteiger partial charge is 0.394 e. The van der Waals surface area contributed by atoms with Crippen LogP contribution in [0.4, 0.5) is 0 Å². The summed E-state index contributed by atoms with van der Waals surface area (Å²) in [4.78, 5) is 13.0. The first-order valence-electron chi connectivity index (χ1n) is 25.2. The first-order chi connectivity index (χ1) is 29.3. The van der Waals surface area contributed by atoms with E-state index in [-0.39, 0.29) is 12.5 Å². The fourth-order valence-corrected chi connectivity index (χ4v) is 7.87. The normalized spacial score (nSPS) is 20.8. The summed E-state index contributed by atoms with van der Waals surface area (Å²) in [6.07, 6.45) is 44.8. The van der Waals surface area contributed by atoms with Gasteiger partial charge in [-0.25, -0.2) is 0 Å². The van der Waals surface area contributed by atoms with Gasteiger partial charge in [-0.05, 0) is 57.8 Å². The summed E-state index contributed by atoms with van der Waals surface area (Å²) in [5.74, 6) is -0.188. The molecule has 0 spiro atoms. The predicted molar refractivity (Wildman–Crippen MR) is 249 cm³/mol. The topological polar surface area (TPSA) is 149 Å². The molecule has 1 saturated heterocycles. The van der Waals surface area contributed by atoms with E-state index in [1.165, 1.54) is 167 Å². The number of hydrogen-bond acceptors (Lipinski definition) is 8. The molecule has 0 bridgehead atoms. The van der Waals surface area contributed by atoms with Gasteiger partial charge in [-0.15, -0.1) is 0 Å². The molecule has 9 nitrogen and oxygen atoms in total. The smallest absolute Gasteiger partial charge is 0.220 e. The summed E-state index contributed by atoms with van der Waals surface area (Å²) in [5, 5.41) is 54.3. The van der Waals surface area contributed by atoms with Gasteiger partial charge < -0.3 is 40.3 Å². The Bertz CT molecular complexity index is 1030. The first-order valence-corrected chi connectivity index (χ1v) is 25.2. The molecule has 1 fully saturated rings. The second-order valence-corrected chi connectivity index (χ2v) is 17.6. The second kappa shape index (κ2) is 41.4. The minimum atomic E-state index is -1.57. The standard InChI is InChI=1S/C51H95NO8/c1-3-5-7-9-11-13-15-17-19-21-22-23-24-25-27-29-31-33-35-37-39-41-47(55)52-44(43-59-51-50(58)49(57)48(56)46(42-53)60-51)45(54)40-38-36-34-32-30-28-26-20-18-16-14-12-10-8-6-4-2/h21-22,30,32,38,40,44-46,48-51,53-54,56-58H,3-20,23-29,31,33-37,39,41-43H2,1-2H3,(H,52,55)/b22-21-,32-30+,40-38+. The van der Waals surface area contributed by atoms with Gasteiger partial charge in [0.2, 0.25) is 5.91 Å². The Morgan fingerprint density at radius 3 is 1.40 bits per heavy atom. The summed E-state index contributed by atoms with van der Waals surface area (Å²) in [7, 11) is 0. The van der Waals surface area contributed by atoms with Crippen molar-refractivity contribution in [3.05, 3.63) is 36.5 Å². The quantitative estimate of drug-likeness (QED) is 0.0263. The number of unbranched alkanes of at least 4 members (excludes halogenated alkanes) is 28. The number of nitrogens with one attached hydrogen (secondary N) is 1. The van der Waals surface area contributed by atoms with Crippen LogP contribution < -0.4 is 5.32 Å². The molecule has 1 rings (SSSR count). The van der Waals surface area contributed by atoms with Gasteiger partial charge in [-0.2, -0.15) is 0 Å². The molecule has 0 aliphatic carbocycles. The summed E-state index contributed by atoms with van der Waals surface area (Å²) in [5.41, 5.74) is 0. The average Bonchev–Trinajstić information content (AvgIpc) is 3.25. The van der Waals surface area contributed by atoms with Crippen LogP contribution in [0.25, 0.3) is 0 Å². The van der Waals surface area contributed by atoms with Gasteiger partial charge >= 0.3 is 0 Å². The number of carbonyl (C=O) groups excluding carboxylic acids is 1. The van der Waals surface area contributed by atoms with Crippen molar-refractivity contribution >= 4 is 5.91 Å². The highest BCUT2D eigenvalue weighted by molar-refractivity contribution is 5.76. The summed E-state index contributed by atoms with van der Waals surface area (Å²) < 4.78 is 11.2. The van der Waals surface area contributed by atoms with Gasteiger partial charge in [-0.1, -0.05) is 198 Å². The lowest BCUT2D eigenvalue weighted by atomic mass is 9.99. The Morgan fingerprint density at radius 2 is 0.950 bits per heavy atom. The van der Waals surface area contributed by atoms with E-state index < -0.39 is 49.5 Å². The summed E-state index contributed by atoms with van der Waals surface area (Å²) >= 11 is 0. The lowest BCUT2D eigenvalue weighted by Gasteiger charge is -2.40. The zero-order valence-corrected chi connectivity index (χ0v) is 38.7. The minimum absolute atomic E-state index is 0.188. The van der Waals surface area contributed by atoms with Crippen molar-refractivity contribution in [2.24, 2.45) is 0 Å². The van der Waals surface area contributed by atoms with E-state index in [0.717, 1.165) is 38.5 Å². The molecule has 0 aromatic heterocycles. The molecular formula is C51H95NO8. The summed E-state index contributed by atoms with van der Waals surface area (Å²) in [6.45, 7) is 3.76. The van der Waals surface area contributed by atoms with Gasteiger partial charge in [-0.3, -0.25) is 4.79 Å². The first kappa shape index (κ1) is 56.4. The van der Waals surface area contributed by atoms with Crippen molar-refractivity contribution in [1.82, 2.24) is 5.32 Å². The fraction of sp³-hybridized carbons (Fsp3) is 0.863. The Kier molecular flexibility index (Phi) is 39.0. The molecule has 0 saturated carbocycles. The number of aliphatic hydroxyl groups excluding tert-OH is 5. The highest BCUT2D eigenvalue weighted by Crippen LogP contribution is 2.23. The van der Waals surface area contributed by atoms with Gasteiger partial charge in [0.15, 0.2) is 6.29 Å². The lowest BCUT2D eigenvalue weighted by Crippen LogP contribution is -2.60. The molecule has 60 heavy (non-hydrogen) atoms. The van der Waals surface area contributed by atoms with Gasteiger partial charge in [0.05, 0.1) is 25.4 Å². The second-order valence-electron chi connectivity index (χ2n) is 17.6. The van der Waals surface area contributed by atoms with Gasteiger partial charge in [0, 0.05) is 6.42 Å². The van der Waals surface area contributed by atoms with Crippen molar-refractivity contribution in [2.45, 2.75) is 269 Å². The molecule has 0 aromatic rings. The van der Waals surface area contributed by atoms with E-state index in [2.05, 4.69) is 43.5 Å². The molecule has 1 aliphatic heterocycles. The third-order valence-corrected chi connectivity index (χ3v) is 11.9. The van der Waals surface area contributed by atoms with E-state index in [0.29, 0.717) is 6.42 Å². The number of ether oxygens (including phenoxy) is 2. The van der Waals surface area contributed by atoms with Crippen molar-refractivity contribution in [3.63, 3.8) is 0 Å². The van der Waals surface area contributed by atoms with Crippen LogP contribution in [0.2, 0.25) is 0 Å². The molecule has 7 atom stereocenters. The van der Waals surface area contributed by atoms with E-state index >= 15 is 0 Å². The van der Waals surface area contributed by atoms with Crippen LogP contribution in [0, 0.1) is 0 Å². The maximum atomic E-state index is 13.0. The fourth-order valence-electron chi connectivity index (χ4n) is 7.87. The monoisotopic (exact) mass is 850 g/mol. The maximum absolute atomic E-state index is 13.0. The van der Waals surface area contributed by atoms with Gasteiger partial charge in [0.25, 0.3) is 0 Å². The minimum Gasteiger partial charge on any atom is -0.394 e. The highest BCUT2D eigenvalue weighted by Gasteiger charge is 2.44. The molecular weight excluding hydrogens is 755 g/mol. The molecule has 6 N–H and O–H groups in total. The van der Waals surface area contributed by atoms with Crippen molar-refractivity contribution in [3.8, 4) is 0 Å². The Morgan fingerprint density at radius 1 is 0.550 bits per heavy atom. The van der Waals surface area contributed by atoms with Crippen LogP contribution in [0.3, 0.4) is 0 Å². The van der Waals surface area contributed by atoms with Crippen molar-refractivity contribution in [1.29, 1.82) is 0 Å². The van der Waals surface area contributed by atoms with Crippen LogP contribution in [0.15, 0.2) is 36.5 Å². The van der Waals surface area contributed by atoms with Crippen molar-refractivity contribution < 1.29 is 39.8 Å². The molecule has 9 heteroatoms. The van der Waals surface area contributed by atoms with E-state index in [9.17, 15) is 30.3 Å². The Labute approximate surface area is 368 Å². The van der Waals surface area contributed by atoms with Crippen LogP contribution in [0.5, 0.6) is 0 Å². The predicted octanol–water partition coefficient (Wildman–Crippen LogP) is 11.2. The molecule has 7 unspecified atom stereocenters. The SMILES string of the molecule is CCCCCCCCCC/C=C\CCCCCCCCCCCC(=O)NC(COC1OC(CO)C(O)C(O)C1O)C(O)/C=C/CC/C=C/CCCCCCCCCCCC. The van der Waals surface area contributed by atoms with E-state index in [1.807, 2.05) is 6.08 Å². The van der Waals surface area contributed by atoms with Gasteiger partial charge in [0.1, 0.15) is 24.4 Å². The van der Waals surface area contributed by atoms with Crippen molar-refractivity contribution in [2.75, 3.05) is 13.2 Å². The molecule has 352 valence electrons. The van der Waals surface area contributed by atoms with Crippen LogP contribution in [-0.2, 0) is 14.3 Å². The van der Waals surface area contributed by atoms with E-state index in [1.54, 1.807) is 6.08 Å². The number of aliphatic hydroxyl groups is 5. The number of amides is 1. The third kappa shape index (κ3) is 31.3. The average molecular weight is 850 g/mol. The number of rotatable bonds is 42. The number of carbonyl (C=O) groups is 1. The molecule has 1 amide bonds. The zero-order valence-electron chi connectivity index (χ0n) is 38.7. The third-order valence-electron chi connectivity index (χ3n) is 11.9. The molecule has 0 aromatic carbocycles. The van der Waals surface area contributed by atoms with Crippen LogP contribution >= 0.6 is 0 Å². The van der Waals surface area contributed by atoms with Crippen LogP contribution in [0.1, 0.15) is 226 Å².